The summed E-state index contributed by atoms with van der Waals surface area (Å²) >= 11 is 0. The molecule has 0 heterocycles. The lowest BCUT2D eigenvalue weighted by molar-refractivity contribution is 0.330. The highest BCUT2D eigenvalue weighted by Gasteiger charge is 2.18. The van der Waals surface area contributed by atoms with Crippen LogP contribution in [-0.2, 0) is 4.57 Å². The Kier molecular flexibility index (Phi) is 3.76. The third-order valence-electron chi connectivity index (χ3n) is 2.55. The predicted molar refractivity (Wildman–Crippen MR) is 48.1 cm³/mol. The van der Waals surface area contributed by atoms with Gasteiger partial charge in [0.15, 0.2) is 0 Å². The van der Waals surface area contributed by atoms with Crippen LogP contribution in [0.3, 0.4) is 0 Å². The maximum absolute atomic E-state index is 10.6. The summed E-state index contributed by atoms with van der Waals surface area (Å²) in [5.74, 6) is 0.575. The van der Waals surface area contributed by atoms with E-state index in [1.807, 2.05) is 0 Å². The van der Waals surface area contributed by atoms with Crippen molar-refractivity contribution in [2.24, 2.45) is 5.92 Å². The summed E-state index contributed by atoms with van der Waals surface area (Å²) in [6, 6.07) is 0. The van der Waals surface area contributed by atoms with Gasteiger partial charge >= 0.3 is 7.60 Å². The maximum atomic E-state index is 10.6. The van der Waals surface area contributed by atoms with E-state index in [1.165, 1.54) is 32.1 Å². The highest BCUT2D eigenvalue weighted by Crippen LogP contribution is 2.38. The average Bonchev–Trinajstić information content (AvgIpc) is 2.02. The molecule has 0 aromatic rings. The summed E-state index contributed by atoms with van der Waals surface area (Å²) in [5, 5.41) is 0. The molecule has 0 spiro atoms. The van der Waals surface area contributed by atoms with Gasteiger partial charge in [-0.2, -0.15) is 0 Å². The molecule has 4 heteroatoms. The Labute approximate surface area is 73.3 Å². The molecular weight excluding hydrogens is 175 g/mol. The minimum Gasteiger partial charge on any atom is -0.324 e. The van der Waals surface area contributed by atoms with Crippen molar-refractivity contribution in [3.05, 3.63) is 0 Å². The standard InChI is InChI=1S/C8H17O3P/c9-12(10,11)7-6-8-4-2-1-3-5-8/h8H,1-7H2,(H2,9,10,11). The van der Waals surface area contributed by atoms with Crippen LogP contribution in [0.25, 0.3) is 0 Å². The minimum absolute atomic E-state index is 0.0810. The average molecular weight is 192 g/mol. The van der Waals surface area contributed by atoms with E-state index in [-0.39, 0.29) is 6.16 Å². The van der Waals surface area contributed by atoms with E-state index >= 15 is 0 Å². The predicted octanol–water partition coefficient (Wildman–Crippen LogP) is 2.13. The Balaban J connectivity index is 2.17. The van der Waals surface area contributed by atoms with Gasteiger partial charge in [0.1, 0.15) is 0 Å². The van der Waals surface area contributed by atoms with Crippen LogP contribution in [0.15, 0.2) is 0 Å². The van der Waals surface area contributed by atoms with Gasteiger partial charge in [-0.25, -0.2) is 0 Å². The van der Waals surface area contributed by atoms with Crippen molar-refractivity contribution in [1.29, 1.82) is 0 Å². The fourth-order valence-electron chi connectivity index (χ4n) is 1.83. The zero-order valence-corrected chi connectivity index (χ0v) is 8.17. The van der Waals surface area contributed by atoms with Gasteiger partial charge in [0.25, 0.3) is 0 Å². The third kappa shape index (κ3) is 4.24. The van der Waals surface area contributed by atoms with Crippen molar-refractivity contribution >= 4 is 7.60 Å². The molecule has 12 heavy (non-hydrogen) atoms. The van der Waals surface area contributed by atoms with Crippen molar-refractivity contribution in [3.63, 3.8) is 0 Å². The summed E-state index contributed by atoms with van der Waals surface area (Å²) in [6.45, 7) is 0. The molecule has 2 N–H and O–H groups in total. The smallest absolute Gasteiger partial charge is 0.324 e. The largest absolute Gasteiger partial charge is 0.325 e. The van der Waals surface area contributed by atoms with Crippen LogP contribution in [-0.4, -0.2) is 15.9 Å². The molecule has 0 atom stereocenters. The van der Waals surface area contributed by atoms with Gasteiger partial charge in [0.2, 0.25) is 0 Å². The van der Waals surface area contributed by atoms with Crippen LogP contribution < -0.4 is 0 Å². The fourth-order valence-corrected chi connectivity index (χ4v) is 2.53. The van der Waals surface area contributed by atoms with Crippen LogP contribution in [0.1, 0.15) is 38.5 Å². The number of hydrogen-bond acceptors (Lipinski definition) is 1. The van der Waals surface area contributed by atoms with E-state index in [9.17, 15) is 4.57 Å². The lowest BCUT2D eigenvalue weighted by Gasteiger charge is -2.21. The molecular formula is C8H17O3P. The Hall–Kier alpha value is 0.150. The van der Waals surface area contributed by atoms with Gasteiger partial charge in [-0.1, -0.05) is 32.1 Å². The second kappa shape index (κ2) is 4.40. The van der Waals surface area contributed by atoms with Crippen LogP contribution in [0.4, 0.5) is 0 Å². The van der Waals surface area contributed by atoms with E-state index < -0.39 is 7.60 Å². The molecule has 0 saturated heterocycles. The Morgan fingerprint density at radius 1 is 1.17 bits per heavy atom. The quantitative estimate of drug-likeness (QED) is 0.673. The number of hydrogen-bond donors (Lipinski definition) is 2. The molecule has 0 aliphatic heterocycles. The topological polar surface area (TPSA) is 57.5 Å². The second-order valence-electron chi connectivity index (χ2n) is 3.68. The molecule has 0 bridgehead atoms. The highest BCUT2D eigenvalue weighted by molar-refractivity contribution is 7.51. The molecule has 0 unspecified atom stereocenters. The monoisotopic (exact) mass is 192 g/mol. The first-order valence-corrected chi connectivity index (χ1v) is 6.42. The van der Waals surface area contributed by atoms with Gasteiger partial charge in [-0.05, 0) is 12.3 Å². The van der Waals surface area contributed by atoms with Crippen LogP contribution in [0.2, 0.25) is 0 Å². The van der Waals surface area contributed by atoms with E-state index in [1.54, 1.807) is 0 Å². The molecule has 72 valence electrons. The van der Waals surface area contributed by atoms with Gasteiger partial charge in [-0.3, -0.25) is 4.57 Å². The van der Waals surface area contributed by atoms with Crippen molar-refractivity contribution in [3.8, 4) is 0 Å². The molecule has 1 rings (SSSR count). The molecule has 0 amide bonds. The molecule has 1 saturated carbocycles. The van der Waals surface area contributed by atoms with Crippen LogP contribution >= 0.6 is 7.60 Å². The molecule has 0 aromatic carbocycles. The molecule has 1 fully saturated rings. The molecule has 1 aliphatic carbocycles. The first kappa shape index (κ1) is 10.2. The van der Waals surface area contributed by atoms with E-state index in [2.05, 4.69) is 0 Å². The normalized spacial score (nSPS) is 21.2. The molecule has 0 radical (unpaired) electrons. The third-order valence-corrected chi connectivity index (χ3v) is 3.39. The van der Waals surface area contributed by atoms with Crippen molar-refractivity contribution in [2.75, 3.05) is 6.16 Å². The van der Waals surface area contributed by atoms with Crippen molar-refractivity contribution in [2.45, 2.75) is 38.5 Å². The lowest BCUT2D eigenvalue weighted by Crippen LogP contribution is -2.08. The van der Waals surface area contributed by atoms with Crippen molar-refractivity contribution in [1.82, 2.24) is 0 Å². The maximum Gasteiger partial charge on any atom is 0.325 e. The van der Waals surface area contributed by atoms with Crippen LogP contribution in [0.5, 0.6) is 0 Å². The van der Waals surface area contributed by atoms with E-state index in [0.29, 0.717) is 12.3 Å². The summed E-state index contributed by atoms with van der Waals surface area (Å²) in [5.41, 5.74) is 0. The first-order valence-electron chi connectivity index (χ1n) is 4.62. The summed E-state index contributed by atoms with van der Waals surface area (Å²) in [6.07, 6.45) is 6.91. The SMILES string of the molecule is O=P(O)(O)CCC1CCCCC1. The Morgan fingerprint density at radius 2 is 1.75 bits per heavy atom. The fraction of sp³-hybridized carbons (Fsp3) is 1.00. The van der Waals surface area contributed by atoms with Gasteiger partial charge in [0, 0.05) is 0 Å². The summed E-state index contributed by atoms with van der Waals surface area (Å²) in [7, 11) is -3.73. The van der Waals surface area contributed by atoms with Crippen LogP contribution in [0, 0.1) is 5.92 Å². The highest BCUT2D eigenvalue weighted by atomic mass is 31.2. The summed E-state index contributed by atoms with van der Waals surface area (Å²) < 4.78 is 10.6. The van der Waals surface area contributed by atoms with Gasteiger partial charge in [-0.15, -0.1) is 0 Å². The second-order valence-corrected chi connectivity index (χ2v) is 5.46. The zero-order chi connectivity index (χ0) is 9.03. The Bertz CT molecular complexity index is 169. The summed E-state index contributed by atoms with van der Waals surface area (Å²) in [4.78, 5) is 17.3. The van der Waals surface area contributed by atoms with E-state index in [0.717, 1.165) is 0 Å². The molecule has 0 aromatic heterocycles. The van der Waals surface area contributed by atoms with Gasteiger partial charge in [0.05, 0.1) is 6.16 Å². The lowest BCUT2D eigenvalue weighted by atomic mass is 9.88. The minimum atomic E-state index is -3.73. The molecule has 3 nitrogen and oxygen atoms in total. The zero-order valence-electron chi connectivity index (χ0n) is 7.28. The molecule has 1 aliphatic rings. The number of rotatable bonds is 3. The van der Waals surface area contributed by atoms with Gasteiger partial charge < -0.3 is 9.79 Å². The van der Waals surface area contributed by atoms with Crippen molar-refractivity contribution < 1.29 is 14.4 Å². The van der Waals surface area contributed by atoms with E-state index in [4.69, 9.17) is 9.79 Å². The first-order chi connectivity index (χ1) is 5.58. The Morgan fingerprint density at radius 3 is 2.25 bits per heavy atom.